The fourth-order valence-electron chi connectivity index (χ4n) is 1.81. The summed E-state index contributed by atoms with van der Waals surface area (Å²) < 4.78 is 21.4. The summed E-state index contributed by atoms with van der Waals surface area (Å²) in [5, 5.41) is 9.91. The molecule has 0 aliphatic carbocycles. The van der Waals surface area contributed by atoms with E-state index in [-0.39, 0.29) is 5.92 Å². The number of rotatable bonds is 7. The first-order chi connectivity index (χ1) is 9.58. The van der Waals surface area contributed by atoms with Crippen LogP contribution in [0.25, 0.3) is 0 Å². The maximum atomic E-state index is 9.91. The minimum absolute atomic E-state index is 0.180. The van der Waals surface area contributed by atoms with Gasteiger partial charge in [-0.3, -0.25) is 0 Å². The second-order valence-corrected chi connectivity index (χ2v) is 5.61. The lowest BCUT2D eigenvalue weighted by molar-refractivity contribution is 0.0517. The highest BCUT2D eigenvalue weighted by molar-refractivity contribution is 5.30. The van der Waals surface area contributed by atoms with Crippen LogP contribution in [-0.4, -0.2) is 17.3 Å². The van der Waals surface area contributed by atoms with Crippen LogP contribution in [0.2, 0.25) is 0 Å². The summed E-state index contributed by atoms with van der Waals surface area (Å²) in [6, 6.07) is 6.41. The van der Waals surface area contributed by atoms with Gasteiger partial charge in [-0.15, -0.1) is 0 Å². The lowest BCUT2D eigenvalue weighted by Crippen LogP contribution is -2.34. The van der Waals surface area contributed by atoms with Crippen LogP contribution in [-0.2, 0) is 0 Å². The zero-order valence-corrected chi connectivity index (χ0v) is 12.3. The molecule has 0 aromatic heterocycles. The third-order valence-electron chi connectivity index (χ3n) is 3.10. The Labute approximate surface area is 119 Å². The predicted molar refractivity (Wildman–Crippen MR) is 79.2 cm³/mol. The van der Waals surface area contributed by atoms with Gasteiger partial charge < -0.3 is 15.6 Å². The monoisotopic (exact) mass is 267 g/mol. The number of hydrogen-bond donors (Lipinski definition) is 2. The number of nitrogens with two attached hydrogens (primary N) is 1. The van der Waals surface area contributed by atoms with Crippen molar-refractivity contribution < 1.29 is 12.6 Å². The van der Waals surface area contributed by atoms with Gasteiger partial charge in [-0.25, -0.2) is 0 Å². The Morgan fingerprint density at radius 1 is 1.37 bits per heavy atom. The molecule has 2 atom stereocenters. The van der Waals surface area contributed by atoms with E-state index in [0.717, 1.165) is 18.4 Å². The van der Waals surface area contributed by atoms with Crippen molar-refractivity contribution in [2.24, 2.45) is 11.7 Å². The summed E-state index contributed by atoms with van der Waals surface area (Å²) in [5.41, 5.74) is 5.75. The Bertz CT molecular complexity index is 441. The molecule has 3 heteroatoms. The average molecular weight is 267 g/mol. The van der Waals surface area contributed by atoms with Crippen LogP contribution in [0.1, 0.15) is 54.9 Å². The Morgan fingerprint density at radius 3 is 2.42 bits per heavy atom. The van der Waals surface area contributed by atoms with E-state index >= 15 is 0 Å². The van der Waals surface area contributed by atoms with Crippen LogP contribution in [0.5, 0.6) is 5.75 Å². The quantitative estimate of drug-likeness (QED) is 0.797. The van der Waals surface area contributed by atoms with Gasteiger partial charge in [0, 0.05) is 0 Å². The van der Waals surface area contributed by atoms with Crippen LogP contribution >= 0.6 is 0 Å². The van der Waals surface area contributed by atoms with E-state index in [1.165, 1.54) is 0 Å². The highest BCUT2D eigenvalue weighted by atomic mass is 16.5. The van der Waals surface area contributed by atoms with Crippen molar-refractivity contribution in [2.75, 3.05) is 6.56 Å². The first-order valence-electron chi connectivity index (χ1n) is 7.85. The molecule has 0 unspecified atom stereocenters. The van der Waals surface area contributed by atoms with Gasteiger partial charge in [-0.05, 0) is 43.9 Å². The third kappa shape index (κ3) is 5.21. The highest BCUT2D eigenvalue weighted by Crippen LogP contribution is 2.24. The molecule has 0 saturated carbocycles. The average Bonchev–Trinajstić information content (AvgIpc) is 2.37. The second-order valence-electron chi connectivity index (χ2n) is 5.61. The molecule has 0 radical (unpaired) electrons. The summed E-state index contributed by atoms with van der Waals surface area (Å²) in [6.07, 6.45) is 1.69. The smallest absolute Gasteiger partial charge is 0.119 e. The SMILES string of the molecule is [2H]C([2H])(Oc1ccc([C@@H](N)C(C)(C)O)cc1)[C@@H](C)CCC. The summed E-state index contributed by atoms with van der Waals surface area (Å²) in [5.74, 6) is 0.287. The molecule has 1 aromatic carbocycles. The molecule has 0 bridgehead atoms. The molecule has 0 spiro atoms. The Balaban J connectivity index is 2.79. The van der Waals surface area contributed by atoms with Crippen LogP contribution < -0.4 is 10.5 Å². The highest BCUT2D eigenvalue weighted by Gasteiger charge is 2.24. The summed E-state index contributed by atoms with van der Waals surface area (Å²) in [6.45, 7) is 5.50. The van der Waals surface area contributed by atoms with Gasteiger partial charge >= 0.3 is 0 Å². The topological polar surface area (TPSA) is 55.5 Å². The summed E-state index contributed by atoms with van der Waals surface area (Å²) >= 11 is 0. The van der Waals surface area contributed by atoms with Crippen LogP contribution in [0, 0.1) is 5.92 Å². The molecule has 1 aromatic rings. The maximum absolute atomic E-state index is 9.91. The summed E-state index contributed by atoms with van der Waals surface area (Å²) in [7, 11) is 0. The molecule has 0 amide bonds. The zero-order valence-electron chi connectivity index (χ0n) is 14.3. The van der Waals surface area contributed by atoms with E-state index in [9.17, 15) is 5.11 Å². The molecule has 108 valence electrons. The van der Waals surface area contributed by atoms with E-state index < -0.39 is 18.2 Å². The summed E-state index contributed by atoms with van der Waals surface area (Å²) in [4.78, 5) is 0. The lowest BCUT2D eigenvalue weighted by atomic mass is 9.93. The molecule has 0 heterocycles. The van der Waals surface area contributed by atoms with Gasteiger partial charge in [-0.2, -0.15) is 0 Å². The fraction of sp³-hybridized carbons (Fsp3) is 0.625. The van der Waals surface area contributed by atoms with Crippen molar-refractivity contribution in [3.05, 3.63) is 29.8 Å². The van der Waals surface area contributed by atoms with Gasteiger partial charge in [0.1, 0.15) is 5.75 Å². The Hall–Kier alpha value is -1.06. The number of aliphatic hydroxyl groups is 1. The Morgan fingerprint density at radius 2 is 1.95 bits per heavy atom. The number of hydrogen-bond acceptors (Lipinski definition) is 3. The van der Waals surface area contributed by atoms with E-state index in [1.54, 1.807) is 38.1 Å². The van der Waals surface area contributed by atoms with E-state index in [1.807, 2.05) is 13.8 Å². The van der Waals surface area contributed by atoms with Crippen molar-refractivity contribution in [1.82, 2.24) is 0 Å². The van der Waals surface area contributed by atoms with Gasteiger partial charge in [0.05, 0.1) is 20.9 Å². The first kappa shape index (κ1) is 12.9. The van der Waals surface area contributed by atoms with E-state index in [0.29, 0.717) is 5.75 Å². The van der Waals surface area contributed by atoms with Crippen LogP contribution in [0.3, 0.4) is 0 Å². The number of benzene rings is 1. The van der Waals surface area contributed by atoms with Crippen molar-refractivity contribution in [3.63, 3.8) is 0 Å². The molecule has 3 N–H and O–H groups in total. The van der Waals surface area contributed by atoms with Gasteiger partial charge in [0.15, 0.2) is 0 Å². The van der Waals surface area contributed by atoms with E-state index in [2.05, 4.69) is 0 Å². The van der Waals surface area contributed by atoms with Crippen molar-refractivity contribution in [3.8, 4) is 5.75 Å². The molecule has 0 aliphatic rings. The van der Waals surface area contributed by atoms with Gasteiger partial charge in [0.2, 0.25) is 0 Å². The Kier molecular flexibility index (Phi) is 4.72. The molecule has 0 aliphatic heterocycles. The molecule has 0 saturated heterocycles. The standard InChI is InChI=1S/C16H27NO2/c1-5-6-12(2)11-19-14-9-7-13(8-10-14)15(17)16(3,4)18/h7-10,12,15,18H,5-6,11,17H2,1-4H3/t12-,15+/m0/s1/i11D2. The van der Waals surface area contributed by atoms with Gasteiger partial charge in [-0.1, -0.05) is 32.4 Å². The van der Waals surface area contributed by atoms with Crippen LogP contribution in [0.4, 0.5) is 0 Å². The van der Waals surface area contributed by atoms with Crippen molar-refractivity contribution >= 4 is 0 Å². The maximum Gasteiger partial charge on any atom is 0.119 e. The fourth-order valence-corrected chi connectivity index (χ4v) is 1.81. The predicted octanol–water partition coefficient (Wildman–Crippen LogP) is 3.27. The normalized spacial score (nSPS) is 17.4. The minimum atomic E-state index is -1.70. The molecular formula is C16H27NO2. The van der Waals surface area contributed by atoms with Crippen LogP contribution in [0.15, 0.2) is 24.3 Å². The van der Waals surface area contributed by atoms with Crippen molar-refractivity contribution in [1.29, 1.82) is 0 Å². The first-order valence-corrected chi connectivity index (χ1v) is 6.85. The molecule has 1 rings (SSSR count). The minimum Gasteiger partial charge on any atom is -0.493 e. The van der Waals surface area contributed by atoms with E-state index in [4.69, 9.17) is 13.2 Å². The zero-order chi connectivity index (χ0) is 16.3. The van der Waals surface area contributed by atoms with Gasteiger partial charge in [0.25, 0.3) is 0 Å². The second kappa shape index (κ2) is 6.92. The third-order valence-corrected chi connectivity index (χ3v) is 3.10. The molecule has 0 fully saturated rings. The van der Waals surface area contributed by atoms with Crippen molar-refractivity contribution in [2.45, 2.75) is 52.2 Å². The lowest BCUT2D eigenvalue weighted by Gasteiger charge is -2.26. The molecule has 3 nitrogen and oxygen atoms in total. The molecular weight excluding hydrogens is 238 g/mol. The largest absolute Gasteiger partial charge is 0.493 e. The molecule has 19 heavy (non-hydrogen) atoms. The number of ether oxygens (including phenoxy) is 1.